The quantitative estimate of drug-likeness (QED) is 0.882. The lowest BCUT2D eigenvalue weighted by Gasteiger charge is -2.32. The predicted octanol–water partition coefficient (Wildman–Crippen LogP) is 2.60. The van der Waals surface area contributed by atoms with Crippen LogP contribution in [0.1, 0.15) is 25.5 Å². The molecule has 1 unspecified atom stereocenters. The van der Waals surface area contributed by atoms with Crippen molar-refractivity contribution in [3.8, 4) is 0 Å². The number of aromatic nitrogens is 2. The summed E-state index contributed by atoms with van der Waals surface area (Å²) in [4.78, 5) is 34.7. The molecular formula is C19H23N5O2. The minimum absolute atomic E-state index is 0.0256. The molecule has 0 bridgehead atoms. The minimum Gasteiger partial charge on any atom is -0.340 e. The normalized spacial score (nSPS) is 16.8. The zero-order chi connectivity index (χ0) is 18.5. The smallest absolute Gasteiger partial charge is 0.229 e. The summed E-state index contributed by atoms with van der Waals surface area (Å²) in [6.45, 7) is 4.84. The second-order valence-corrected chi connectivity index (χ2v) is 6.53. The van der Waals surface area contributed by atoms with E-state index in [2.05, 4.69) is 25.5 Å². The van der Waals surface area contributed by atoms with Gasteiger partial charge < -0.3 is 15.5 Å². The Bertz CT molecular complexity index is 808. The zero-order valence-corrected chi connectivity index (χ0v) is 15.0. The number of aryl methyl sites for hydroxylation is 1. The van der Waals surface area contributed by atoms with Gasteiger partial charge in [0.1, 0.15) is 0 Å². The van der Waals surface area contributed by atoms with Crippen molar-refractivity contribution in [1.82, 2.24) is 9.97 Å². The predicted molar refractivity (Wildman–Crippen MR) is 101 cm³/mol. The third-order valence-corrected chi connectivity index (χ3v) is 4.31. The van der Waals surface area contributed by atoms with Gasteiger partial charge in [0.05, 0.1) is 5.92 Å². The summed E-state index contributed by atoms with van der Waals surface area (Å²) >= 11 is 0. The van der Waals surface area contributed by atoms with Crippen molar-refractivity contribution in [1.29, 1.82) is 0 Å². The fourth-order valence-electron chi connectivity index (χ4n) is 3.08. The van der Waals surface area contributed by atoms with Gasteiger partial charge in [0, 0.05) is 43.3 Å². The summed E-state index contributed by atoms with van der Waals surface area (Å²) in [7, 11) is 0. The van der Waals surface area contributed by atoms with E-state index in [4.69, 9.17) is 0 Å². The first kappa shape index (κ1) is 17.8. The highest BCUT2D eigenvalue weighted by molar-refractivity contribution is 5.94. The van der Waals surface area contributed by atoms with Crippen LogP contribution >= 0.6 is 0 Å². The summed E-state index contributed by atoms with van der Waals surface area (Å²) in [5.74, 6) is 0.379. The average Bonchev–Trinajstić information content (AvgIpc) is 2.61. The second kappa shape index (κ2) is 7.95. The molecule has 1 aliphatic heterocycles. The van der Waals surface area contributed by atoms with E-state index in [1.54, 1.807) is 24.4 Å². The van der Waals surface area contributed by atoms with E-state index in [0.29, 0.717) is 23.9 Å². The number of rotatable bonds is 4. The highest BCUT2D eigenvalue weighted by atomic mass is 16.2. The van der Waals surface area contributed by atoms with Crippen LogP contribution in [0.3, 0.4) is 0 Å². The van der Waals surface area contributed by atoms with Crippen LogP contribution in [0.4, 0.5) is 17.3 Å². The van der Waals surface area contributed by atoms with Gasteiger partial charge in [-0.3, -0.25) is 9.59 Å². The Morgan fingerprint density at radius 3 is 2.69 bits per heavy atom. The van der Waals surface area contributed by atoms with Crippen LogP contribution in [0.25, 0.3) is 0 Å². The number of benzene rings is 1. The van der Waals surface area contributed by atoms with Gasteiger partial charge in [-0.1, -0.05) is 6.07 Å². The van der Waals surface area contributed by atoms with E-state index in [-0.39, 0.29) is 17.7 Å². The molecule has 0 radical (unpaired) electrons. The third kappa shape index (κ3) is 4.56. The van der Waals surface area contributed by atoms with Crippen LogP contribution in [0.2, 0.25) is 0 Å². The van der Waals surface area contributed by atoms with Crippen LogP contribution in [0, 0.1) is 12.8 Å². The van der Waals surface area contributed by atoms with Crippen molar-refractivity contribution in [2.75, 3.05) is 28.6 Å². The standard InChI is InChI=1S/C19H23N5O2/c1-13-8-9-20-19(21-13)24-10-4-5-15(12-24)18(26)23-17-7-3-6-16(11-17)22-14(2)25/h3,6-9,11,15H,4-5,10,12H2,1-2H3,(H,22,25)(H,23,26). The molecule has 7 nitrogen and oxygen atoms in total. The van der Waals surface area contributed by atoms with Gasteiger partial charge in [0.15, 0.2) is 0 Å². The lowest BCUT2D eigenvalue weighted by Crippen LogP contribution is -2.41. The summed E-state index contributed by atoms with van der Waals surface area (Å²) in [6.07, 6.45) is 3.50. The molecule has 1 saturated heterocycles. The lowest BCUT2D eigenvalue weighted by atomic mass is 9.97. The average molecular weight is 353 g/mol. The number of carbonyl (C=O) groups excluding carboxylic acids is 2. The Labute approximate surface area is 152 Å². The van der Waals surface area contributed by atoms with Crippen LogP contribution in [0.15, 0.2) is 36.5 Å². The van der Waals surface area contributed by atoms with E-state index in [0.717, 1.165) is 25.1 Å². The summed E-state index contributed by atoms with van der Waals surface area (Å²) < 4.78 is 0. The lowest BCUT2D eigenvalue weighted by molar-refractivity contribution is -0.120. The fraction of sp³-hybridized carbons (Fsp3) is 0.368. The van der Waals surface area contributed by atoms with Crippen molar-refractivity contribution in [3.05, 3.63) is 42.2 Å². The van der Waals surface area contributed by atoms with Gasteiger partial charge in [0.25, 0.3) is 0 Å². The van der Waals surface area contributed by atoms with Gasteiger partial charge in [0.2, 0.25) is 17.8 Å². The van der Waals surface area contributed by atoms with Crippen molar-refractivity contribution in [3.63, 3.8) is 0 Å². The molecule has 2 aromatic rings. The molecule has 1 aliphatic rings. The number of hydrogen-bond donors (Lipinski definition) is 2. The third-order valence-electron chi connectivity index (χ3n) is 4.31. The largest absolute Gasteiger partial charge is 0.340 e. The highest BCUT2D eigenvalue weighted by Gasteiger charge is 2.27. The van der Waals surface area contributed by atoms with Gasteiger partial charge in [-0.05, 0) is 44.0 Å². The molecule has 1 aromatic carbocycles. The first-order valence-corrected chi connectivity index (χ1v) is 8.74. The molecule has 3 rings (SSSR count). The molecular weight excluding hydrogens is 330 g/mol. The first-order valence-electron chi connectivity index (χ1n) is 8.74. The number of piperidine rings is 1. The molecule has 1 aromatic heterocycles. The SMILES string of the molecule is CC(=O)Nc1cccc(NC(=O)C2CCCN(c3nccc(C)n3)C2)c1. The van der Waals surface area contributed by atoms with E-state index in [1.807, 2.05) is 19.1 Å². The molecule has 1 fully saturated rings. The molecule has 26 heavy (non-hydrogen) atoms. The molecule has 0 saturated carbocycles. The minimum atomic E-state index is -0.144. The second-order valence-electron chi connectivity index (χ2n) is 6.53. The summed E-state index contributed by atoms with van der Waals surface area (Å²) in [5, 5.41) is 5.67. The van der Waals surface area contributed by atoms with E-state index in [9.17, 15) is 9.59 Å². The number of nitrogens with zero attached hydrogens (tertiary/aromatic N) is 3. The zero-order valence-electron chi connectivity index (χ0n) is 15.0. The summed E-state index contributed by atoms with van der Waals surface area (Å²) in [5.41, 5.74) is 2.25. The van der Waals surface area contributed by atoms with Crippen LogP contribution in [-0.4, -0.2) is 34.9 Å². The Morgan fingerprint density at radius 2 is 1.96 bits per heavy atom. The van der Waals surface area contributed by atoms with Crippen molar-refractivity contribution in [2.45, 2.75) is 26.7 Å². The van der Waals surface area contributed by atoms with Crippen molar-refractivity contribution in [2.24, 2.45) is 5.92 Å². The topological polar surface area (TPSA) is 87.2 Å². The van der Waals surface area contributed by atoms with Crippen molar-refractivity contribution < 1.29 is 9.59 Å². The Hall–Kier alpha value is -2.96. The molecule has 0 spiro atoms. The number of anilines is 3. The van der Waals surface area contributed by atoms with Crippen LogP contribution < -0.4 is 15.5 Å². The van der Waals surface area contributed by atoms with Crippen LogP contribution in [0.5, 0.6) is 0 Å². The number of nitrogens with one attached hydrogen (secondary N) is 2. The first-order chi connectivity index (χ1) is 12.5. The number of hydrogen-bond acceptors (Lipinski definition) is 5. The molecule has 2 amide bonds. The molecule has 136 valence electrons. The van der Waals surface area contributed by atoms with E-state index in [1.165, 1.54) is 6.92 Å². The molecule has 1 atom stereocenters. The highest BCUT2D eigenvalue weighted by Crippen LogP contribution is 2.23. The van der Waals surface area contributed by atoms with Gasteiger partial charge in [-0.25, -0.2) is 9.97 Å². The molecule has 7 heteroatoms. The van der Waals surface area contributed by atoms with Gasteiger partial charge >= 0.3 is 0 Å². The Balaban J connectivity index is 1.65. The monoisotopic (exact) mass is 353 g/mol. The van der Waals surface area contributed by atoms with Crippen LogP contribution in [-0.2, 0) is 9.59 Å². The van der Waals surface area contributed by atoms with E-state index >= 15 is 0 Å². The Kier molecular flexibility index (Phi) is 5.46. The Morgan fingerprint density at radius 1 is 1.19 bits per heavy atom. The maximum Gasteiger partial charge on any atom is 0.229 e. The number of carbonyl (C=O) groups is 2. The molecule has 0 aliphatic carbocycles. The maximum atomic E-state index is 12.7. The van der Waals surface area contributed by atoms with Crippen molar-refractivity contribution >= 4 is 29.1 Å². The number of amides is 2. The molecule has 2 N–H and O–H groups in total. The fourth-order valence-corrected chi connectivity index (χ4v) is 3.08. The van der Waals surface area contributed by atoms with E-state index < -0.39 is 0 Å². The molecule has 2 heterocycles. The maximum absolute atomic E-state index is 12.7. The van der Waals surface area contributed by atoms with Gasteiger partial charge in [-0.15, -0.1) is 0 Å². The summed E-state index contributed by atoms with van der Waals surface area (Å²) in [6, 6.07) is 9.01. The van der Waals surface area contributed by atoms with Gasteiger partial charge in [-0.2, -0.15) is 0 Å².